The highest BCUT2D eigenvalue weighted by atomic mass is 32.2. The number of esters is 1. The number of benzene rings is 2. The number of hydrogen-bond donors (Lipinski definition) is 1. The van der Waals surface area contributed by atoms with E-state index in [1.807, 2.05) is 63.4 Å². The number of thioether (sulfide) groups is 1. The quantitative estimate of drug-likeness (QED) is 0.342. The summed E-state index contributed by atoms with van der Waals surface area (Å²) in [6, 6.07) is 13.2. The molecule has 1 N–H and O–H groups in total. The van der Waals surface area contributed by atoms with Crippen molar-refractivity contribution in [3.05, 3.63) is 70.3 Å². The standard InChI is InChI=1S/C25H26N2O3S/c1-25(2,3)30-22(28)16-27-14-13-20-15-18(9-12-21(20)24(27)29)6-5-17-7-10-19(11-8-17)23(26)31-4/h7-12,15,26H,13-14,16H2,1-4H3. The number of carbonyl (C=O) groups is 2. The molecule has 0 bridgehead atoms. The van der Waals surface area contributed by atoms with Crippen LogP contribution in [0.15, 0.2) is 42.5 Å². The Bertz CT molecular complexity index is 1070. The Morgan fingerprint density at radius 2 is 1.77 bits per heavy atom. The minimum atomic E-state index is -0.571. The average Bonchev–Trinajstić information content (AvgIpc) is 2.72. The van der Waals surface area contributed by atoms with Crippen molar-refractivity contribution in [3.8, 4) is 11.8 Å². The van der Waals surface area contributed by atoms with Crippen LogP contribution in [0.25, 0.3) is 0 Å². The van der Waals surface area contributed by atoms with Crippen LogP contribution < -0.4 is 0 Å². The summed E-state index contributed by atoms with van der Waals surface area (Å²) in [7, 11) is 0. The van der Waals surface area contributed by atoms with Crippen LogP contribution in [0.5, 0.6) is 0 Å². The molecule has 0 aromatic heterocycles. The van der Waals surface area contributed by atoms with Crippen LogP contribution in [0.3, 0.4) is 0 Å². The SMILES string of the molecule is CSC(=N)c1ccc(C#Cc2ccc3c(c2)CCN(CC(=O)OC(C)(C)C)C3=O)cc1. The molecule has 1 heterocycles. The van der Waals surface area contributed by atoms with Crippen molar-refractivity contribution < 1.29 is 14.3 Å². The highest BCUT2D eigenvalue weighted by Crippen LogP contribution is 2.21. The Labute approximate surface area is 187 Å². The van der Waals surface area contributed by atoms with Gasteiger partial charge in [-0.1, -0.05) is 24.0 Å². The summed E-state index contributed by atoms with van der Waals surface area (Å²) < 4.78 is 5.33. The van der Waals surface area contributed by atoms with Crippen LogP contribution in [0.1, 0.15) is 53.4 Å². The van der Waals surface area contributed by atoms with E-state index in [-0.39, 0.29) is 12.5 Å². The molecule has 160 valence electrons. The molecule has 0 atom stereocenters. The number of ether oxygens (including phenoxy) is 1. The van der Waals surface area contributed by atoms with Crippen molar-refractivity contribution in [3.63, 3.8) is 0 Å². The van der Waals surface area contributed by atoms with Gasteiger partial charge in [-0.25, -0.2) is 0 Å². The zero-order valence-corrected chi connectivity index (χ0v) is 19.1. The van der Waals surface area contributed by atoms with Crippen molar-refractivity contribution in [1.82, 2.24) is 4.90 Å². The number of hydrogen-bond acceptors (Lipinski definition) is 5. The maximum atomic E-state index is 12.8. The van der Waals surface area contributed by atoms with Crippen molar-refractivity contribution in [2.45, 2.75) is 32.8 Å². The zero-order valence-electron chi connectivity index (χ0n) is 18.2. The third kappa shape index (κ3) is 5.99. The van der Waals surface area contributed by atoms with E-state index < -0.39 is 11.6 Å². The van der Waals surface area contributed by atoms with Gasteiger partial charge in [0.1, 0.15) is 12.1 Å². The Kier molecular flexibility index (Phi) is 6.87. The molecule has 0 aliphatic carbocycles. The fraction of sp³-hybridized carbons (Fsp3) is 0.320. The number of nitrogens with one attached hydrogen (secondary N) is 1. The van der Waals surface area contributed by atoms with E-state index in [9.17, 15) is 9.59 Å². The van der Waals surface area contributed by atoms with Gasteiger partial charge < -0.3 is 9.64 Å². The molecule has 0 fully saturated rings. The first kappa shape index (κ1) is 22.6. The summed E-state index contributed by atoms with van der Waals surface area (Å²) in [6.07, 6.45) is 2.55. The van der Waals surface area contributed by atoms with Gasteiger partial charge >= 0.3 is 5.97 Å². The minimum Gasteiger partial charge on any atom is -0.459 e. The summed E-state index contributed by atoms with van der Waals surface area (Å²) in [5.41, 5.74) is 3.57. The van der Waals surface area contributed by atoms with E-state index in [1.165, 1.54) is 16.7 Å². The summed E-state index contributed by atoms with van der Waals surface area (Å²) in [5, 5.41) is 8.38. The first-order valence-electron chi connectivity index (χ1n) is 10.1. The van der Waals surface area contributed by atoms with Crippen molar-refractivity contribution in [1.29, 1.82) is 5.41 Å². The van der Waals surface area contributed by atoms with Gasteiger partial charge in [-0.3, -0.25) is 15.0 Å². The molecular weight excluding hydrogens is 408 g/mol. The maximum absolute atomic E-state index is 12.8. The molecule has 0 saturated heterocycles. The van der Waals surface area contributed by atoms with Gasteiger partial charge in [-0.2, -0.15) is 0 Å². The summed E-state index contributed by atoms with van der Waals surface area (Å²) in [6.45, 7) is 5.87. The van der Waals surface area contributed by atoms with E-state index in [4.69, 9.17) is 10.1 Å². The molecule has 5 nitrogen and oxygen atoms in total. The first-order valence-corrected chi connectivity index (χ1v) is 11.3. The normalized spacial score (nSPS) is 13.2. The van der Waals surface area contributed by atoms with Crippen molar-refractivity contribution in [2.75, 3.05) is 19.3 Å². The maximum Gasteiger partial charge on any atom is 0.326 e. The fourth-order valence-electron chi connectivity index (χ4n) is 3.26. The molecule has 2 aromatic carbocycles. The van der Waals surface area contributed by atoms with Crippen LogP contribution in [0, 0.1) is 17.3 Å². The lowest BCUT2D eigenvalue weighted by molar-refractivity contribution is -0.155. The molecule has 31 heavy (non-hydrogen) atoms. The topological polar surface area (TPSA) is 70.5 Å². The van der Waals surface area contributed by atoms with E-state index in [2.05, 4.69) is 11.8 Å². The van der Waals surface area contributed by atoms with Gasteiger partial charge in [-0.15, -0.1) is 11.8 Å². The summed E-state index contributed by atoms with van der Waals surface area (Å²) in [5.74, 6) is 5.73. The Morgan fingerprint density at radius 1 is 1.13 bits per heavy atom. The van der Waals surface area contributed by atoms with Crippen LogP contribution in [-0.4, -0.2) is 46.8 Å². The predicted octanol–water partition coefficient (Wildman–Crippen LogP) is 4.11. The van der Waals surface area contributed by atoms with Gasteiger partial charge in [0.25, 0.3) is 5.91 Å². The molecule has 0 saturated carbocycles. The van der Waals surface area contributed by atoms with Gasteiger partial charge in [0.2, 0.25) is 0 Å². The summed E-state index contributed by atoms with van der Waals surface area (Å²) in [4.78, 5) is 26.4. The number of rotatable bonds is 3. The van der Waals surface area contributed by atoms with Crippen molar-refractivity contribution in [2.24, 2.45) is 0 Å². The first-order chi connectivity index (χ1) is 14.7. The Balaban J connectivity index is 1.70. The highest BCUT2D eigenvalue weighted by molar-refractivity contribution is 8.13. The summed E-state index contributed by atoms with van der Waals surface area (Å²) >= 11 is 1.40. The lowest BCUT2D eigenvalue weighted by Gasteiger charge is -2.29. The molecule has 0 unspecified atom stereocenters. The number of fused-ring (bicyclic) bond motifs is 1. The third-order valence-corrected chi connectivity index (χ3v) is 5.36. The molecule has 1 aliphatic heterocycles. The van der Waals surface area contributed by atoms with E-state index in [0.717, 1.165) is 22.3 Å². The molecule has 3 rings (SSSR count). The molecular formula is C25H26N2O3S. The zero-order chi connectivity index (χ0) is 22.6. The van der Waals surface area contributed by atoms with Crippen LogP contribution in [0.2, 0.25) is 0 Å². The highest BCUT2D eigenvalue weighted by Gasteiger charge is 2.27. The van der Waals surface area contributed by atoms with E-state index >= 15 is 0 Å². The van der Waals surface area contributed by atoms with Crippen LogP contribution >= 0.6 is 11.8 Å². The van der Waals surface area contributed by atoms with E-state index in [0.29, 0.717) is 23.6 Å². The van der Waals surface area contributed by atoms with Crippen molar-refractivity contribution >= 4 is 28.7 Å². The molecule has 6 heteroatoms. The predicted molar refractivity (Wildman–Crippen MR) is 125 cm³/mol. The van der Waals surface area contributed by atoms with Gasteiger partial charge in [0, 0.05) is 28.8 Å². The minimum absolute atomic E-state index is 0.0406. The number of nitrogens with zero attached hydrogens (tertiary/aromatic N) is 1. The van der Waals surface area contributed by atoms with Gasteiger partial charge in [0.15, 0.2) is 0 Å². The molecule has 0 spiro atoms. The smallest absolute Gasteiger partial charge is 0.326 e. The lowest BCUT2D eigenvalue weighted by atomic mass is 9.96. The van der Waals surface area contributed by atoms with Crippen LogP contribution in [-0.2, 0) is 16.0 Å². The average molecular weight is 435 g/mol. The molecule has 0 radical (unpaired) electrons. The number of carbonyl (C=O) groups excluding carboxylic acids is 2. The second-order valence-electron chi connectivity index (χ2n) is 8.30. The Morgan fingerprint density at radius 3 is 2.42 bits per heavy atom. The second kappa shape index (κ2) is 9.40. The fourth-order valence-corrected chi connectivity index (χ4v) is 3.63. The molecule has 1 amide bonds. The number of amides is 1. The molecule has 1 aliphatic rings. The van der Waals surface area contributed by atoms with Crippen LogP contribution in [0.4, 0.5) is 0 Å². The third-order valence-electron chi connectivity index (χ3n) is 4.72. The lowest BCUT2D eigenvalue weighted by Crippen LogP contribution is -2.42. The van der Waals surface area contributed by atoms with Gasteiger partial charge in [0.05, 0.1) is 5.04 Å². The second-order valence-corrected chi connectivity index (χ2v) is 9.11. The van der Waals surface area contributed by atoms with Gasteiger partial charge in [-0.05, 0) is 69.3 Å². The monoisotopic (exact) mass is 434 g/mol. The Hall–Kier alpha value is -3.04. The molecule has 2 aromatic rings. The van der Waals surface area contributed by atoms with E-state index in [1.54, 1.807) is 6.07 Å². The largest absolute Gasteiger partial charge is 0.459 e.